The van der Waals surface area contributed by atoms with Crippen molar-refractivity contribution < 1.29 is 4.57 Å². The number of hydrogen-bond acceptors (Lipinski definition) is 0. The van der Waals surface area contributed by atoms with Crippen LogP contribution in [0.15, 0.2) is 12.4 Å². The van der Waals surface area contributed by atoms with Gasteiger partial charge in [-0.1, -0.05) is 46.0 Å². The van der Waals surface area contributed by atoms with Gasteiger partial charge in [-0.15, -0.1) is 0 Å². The molecule has 0 radical (unpaired) electrons. The minimum absolute atomic E-state index is 1.19. The number of aryl methyl sites for hydroxylation is 2. The Hall–Kier alpha value is -0.790. The van der Waals surface area contributed by atoms with E-state index < -0.39 is 0 Å². The van der Waals surface area contributed by atoms with Gasteiger partial charge in [0.05, 0.1) is 13.6 Å². The molecular weight excluding hydrogens is 220 g/mol. The Morgan fingerprint density at radius 3 is 2.28 bits per heavy atom. The van der Waals surface area contributed by atoms with Gasteiger partial charge in [0, 0.05) is 6.42 Å². The normalized spacial score (nSPS) is 11.1. The number of unbranched alkanes of at least 4 members (excludes halogenated alkanes) is 6. The molecule has 0 saturated carbocycles. The maximum atomic E-state index is 2.44. The van der Waals surface area contributed by atoms with E-state index >= 15 is 0 Å². The van der Waals surface area contributed by atoms with Crippen LogP contribution in [0.25, 0.3) is 0 Å². The Morgan fingerprint density at radius 2 is 1.61 bits per heavy atom. The van der Waals surface area contributed by atoms with Crippen molar-refractivity contribution in [2.24, 2.45) is 7.05 Å². The molecule has 0 aliphatic carbocycles. The molecule has 0 spiro atoms. The monoisotopic (exact) mass is 251 g/mol. The van der Waals surface area contributed by atoms with Gasteiger partial charge in [-0.25, -0.2) is 9.13 Å². The summed E-state index contributed by atoms with van der Waals surface area (Å²) < 4.78 is 4.71. The lowest BCUT2D eigenvalue weighted by Gasteiger charge is -2.03. The highest BCUT2D eigenvalue weighted by atomic mass is 15.1. The molecule has 2 heteroatoms. The molecule has 0 fully saturated rings. The van der Waals surface area contributed by atoms with E-state index in [-0.39, 0.29) is 0 Å². The number of rotatable bonds is 10. The Labute approximate surface area is 113 Å². The molecular formula is C16H31N2+. The van der Waals surface area contributed by atoms with E-state index in [4.69, 9.17) is 0 Å². The van der Waals surface area contributed by atoms with Crippen LogP contribution in [0, 0.1) is 0 Å². The maximum Gasteiger partial charge on any atom is 0.256 e. The van der Waals surface area contributed by atoms with E-state index in [0.717, 1.165) is 0 Å². The van der Waals surface area contributed by atoms with Gasteiger partial charge in [0.25, 0.3) is 5.82 Å². The summed E-state index contributed by atoms with van der Waals surface area (Å²) in [6.07, 6.45) is 16.6. The van der Waals surface area contributed by atoms with Crippen LogP contribution in [0.3, 0.4) is 0 Å². The standard InChI is InChI=1S/C16H31N2/c1-4-6-7-8-9-10-11-13-18-15-14-17(3)16(18)12-5-2/h14-15H,4-13H2,1-3H3/q+1. The van der Waals surface area contributed by atoms with Crippen molar-refractivity contribution in [3.63, 3.8) is 0 Å². The van der Waals surface area contributed by atoms with Gasteiger partial charge in [-0.2, -0.15) is 0 Å². The van der Waals surface area contributed by atoms with Crippen molar-refractivity contribution in [1.82, 2.24) is 4.57 Å². The third-order valence-electron chi connectivity index (χ3n) is 3.69. The van der Waals surface area contributed by atoms with Crippen LogP contribution in [-0.2, 0) is 20.0 Å². The first-order valence-electron chi connectivity index (χ1n) is 7.83. The highest BCUT2D eigenvalue weighted by Gasteiger charge is 2.12. The Balaban J connectivity index is 2.18. The highest BCUT2D eigenvalue weighted by Crippen LogP contribution is 2.09. The van der Waals surface area contributed by atoms with Gasteiger partial charge in [0.15, 0.2) is 0 Å². The minimum atomic E-state index is 1.19. The van der Waals surface area contributed by atoms with Gasteiger partial charge in [0.1, 0.15) is 12.4 Å². The molecule has 0 N–H and O–H groups in total. The fraction of sp³-hybridized carbons (Fsp3) is 0.812. The lowest BCUT2D eigenvalue weighted by atomic mass is 10.1. The maximum absolute atomic E-state index is 2.44. The Bertz CT molecular complexity index is 315. The lowest BCUT2D eigenvalue weighted by Crippen LogP contribution is -2.32. The summed E-state index contributed by atoms with van der Waals surface area (Å²) in [4.78, 5) is 0. The molecule has 0 aliphatic heterocycles. The minimum Gasteiger partial charge on any atom is -0.237 e. The number of aromatic nitrogens is 2. The zero-order valence-corrected chi connectivity index (χ0v) is 12.6. The predicted octanol–water partition coefficient (Wildman–Crippen LogP) is 4.02. The molecule has 1 aromatic rings. The summed E-state index contributed by atoms with van der Waals surface area (Å²) in [6.45, 7) is 5.73. The summed E-state index contributed by atoms with van der Waals surface area (Å²) >= 11 is 0. The zero-order valence-electron chi connectivity index (χ0n) is 12.6. The summed E-state index contributed by atoms with van der Waals surface area (Å²) in [7, 11) is 2.16. The SMILES string of the molecule is CCCCCCCCCn1cc[n+](C)c1CCC. The van der Waals surface area contributed by atoms with E-state index in [2.05, 4.69) is 42.4 Å². The Morgan fingerprint density at radius 1 is 0.944 bits per heavy atom. The first kappa shape index (κ1) is 15.3. The molecule has 0 aliphatic rings. The summed E-state index contributed by atoms with van der Waals surface area (Å²) in [6, 6.07) is 0. The van der Waals surface area contributed by atoms with Gasteiger partial charge in [0.2, 0.25) is 0 Å². The van der Waals surface area contributed by atoms with Crippen LogP contribution < -0.4 is 4.57 Å². The smallest absolute Gasteiger partial charge is 0.237 e. The van der Waals surface area contributed by atoms with Gasteiger partial charge < -0.3 is 0 Å². The van der Waals surface area contributed by atoms with E-state index in [1.807, 2.05) is 0 Å². The van der Waals surface area contributed by atoms with Crippen molar-refractivity contribution in [3.8, 4) is 0 Å². The molecule has 18 heavy (non-hydrogen) atoms. The fourth-order valence-electron chi connectivity index (χ4n) is 2.54. The average molecular weight is 251 g/mol. The molecule has 0 bridgehead atoms. The molecule has 1 heterocycles. The van der Waals surface area contributed by atoms with Crippen molar-refractivity contribution in [1.29, 1.82) is 0 Å². The van der Waals surface area contributed by atoms with E-state index in [1.54, 1.807) is 0 Å². The van der Waals surface area contributed by atoms with Crippen molar-refractivity contribution in [3.05, 3.63) is 18.2 Å². The molecule has 0 amide bonds. The second kappa shape index (κ2) is 9.18. The molecule has 2 nitrogen and oxygen atoms in total. The summed E-state index contributed by atoms with van der Waals surface area (Å²) in [5.41, 5.74) is 0. The third-order valence-corrected chi connectivity index (χ3v) is 3.69. The first-order chi connectivity index (χ1) is 8.79. The quantitative estimate of drug-likeness (QED) is 0.439. The zero-order chi connectivity index (χ0) is 13.2. The van der Waals surface area contributed by atoms with E-state index in [9.17, 15) is 0 Å². The average Bonchev–Trinajstić information content (AvgIpc) is 2.71. The summed E-state index contributed by atoms with van der Waals surface area (Å²) in [5.74, 6) is 1.48. The number of nitrogens with zero attached hydrogens (tertiary/aromatic N) is 2. The van der Waals surface area contributed by atoms with Crippen molar-refractivity contribution in [2.45, 2.75) is 78.2 Å². The summed E-state index contributed by atoms with van der Waals surface area (Å²) in [5, 5.41) is 0. The van der Waals surface area contributed by atoms with Crippen LogP contribution in [0.1, 0.15) is 71.0 Å². The second-order valence-electron chi connectivity index (χ2n) is 5.39. The predicted molar refractivity (Wildman–Crippen MR) is 77.6 cm³/mol. The van der Waals surface area contributed by atoms with Gasteiger partial charge >= 0.3 is 0 Å². The number of hydrogen-bond donors (Lipinski definition) is 0. The van der Waals surface area contributed by atoms with Gasteiger partial charge in [-0.3, -0.25) is 0 Å². The second-order valence-corrected chi connectivity index (χ2v) is 5.39. The molecule has 0 aromatic carbocycles. The van der Waals surface area contributed by atoms with E-state index in [1.165, 1.54) is 70.2 Å². The number of imidazole rings is 1. The molecule has 104 valence electrons. The molecule has 1 rings (SSSR count). The van der Waals surface area contributed by atoms with Crippen LogP contribution >= 0.6 is 0 Å². The highest BCUT2D eigenvalue weighted by molar-refractivity contribution is 4.83. The van der Waals surface area contributed by atoms with Gasteiger partial charge in [-0.05, 0) is 19.3 Å². The first-order valence-corrected chi connectivity index (χ1v) is 7.83. The molecule has 0 atom stereocenters. The van der Waals surface area contributed by atoms with E-state index in [0.29, 0.717) is 0 Å². The van der Waals surface area contributed by atoms with Crippen molar-refractivity contribution in [2.75, 3.05) is 0 Å². The Kier molecular flexibility index (Phi) is 7.79. The topological polar surface area (TPSA) is 8.81 Å². The lowest BCUT2D eigenvalue weighted by molar-refractivity contribution is -0.678. The van der Waals surface area contributed by atoms with Crippen LogP contribution in [0.5, 0.6) is 0 Å². The molecule has 0 unspecified atom stereocenters. The fourth-order valence-corrected chi connectivity index (χ4v) is 2.54. The van der Waals surface area contributed by atoms with Crippen LogP contribution in [0.4, 0.5) is 0 Å². The van der Waals surface area contributed by atoms with Crippen molar-refractivity contribution >= 4 is 0 Å². The molecule has 1 aromatic heterocycles. The molecule has 0 saturated heterocycles. The largest absolute Gasteiger partial charge is 0.256 e. The van der Waals surface area contributed by atoms with Crippen LogP contribution in [-0.4, -0.2) is 4.57 Å². The third kappa shape index (κ3) is 5.24. The van der Waals surface area contributed by atoms with Crippen LogP contribution in [0.2, 0.25) is 0 Å².